The number of furan rings is 1. The molecule has 124 valence electrons. The summed E-state index contributed by atoms with van der Waals surface area (Å²) in [5.74, 6) is -0.0643. The molecule has 0 radical (unpaired) electrons. The first-order valence-electron chi connectivity index (χ1n) is 6.69. The zero-order chi connectivity index (χ0) is 16.8. The quantitative estimate of drug-likeness (QED) is 0.579. The van der Waals surface area contributed by atoms with Gasteiger partial charge in [0.05, 0.1) is 26.0 Å². The second-order valence-electron chi connectivity index (χ2n) is 4.28. The minimum atomic E-state index is -0.532. The average Bonchev–Trinajstić information content (AvgIpc) is 3.14. The number of hydrogen-bond donors (Lipinski definition) is 1. The third-order valence-corrected chi connectivity index (χ3v) is 3.68. The maximum atomic E-state index is 11.6. The van der Waals surface area contributed by atoms with Gasteiger partial charge in [-0.3, -0.25) is 9.36 Å². The Morgan fingerprint density at radius 2 is 2.17 bits per heavy atom. The van der Waals surface area contributed by atoms with Crippen LogP contribution >= 0.6 is 11.8 Å². The summed E-state index contributed by atoms with van der Waals surface area (Å²) in [5.41, 5.74) is 5.77. The molecule has 0 aliphatic rings. The van der Waals surface area contributed by atoms with Gasteiger partial charge in [-0.05, 0) is 19.1 Å². The first kappa shape index (κ1) is 16.9. The predicted molar refractivity (Wildman–Crippen MR) is 80.9 cm³/mol. The number of nitrogen functional groups attached to an aromatic ring is 1. The Bertz CT molecular complexity index is 696. The molecular formula is C13H16N4O5S. The van der Waals surface area contributed by atoms with Crippen LogP contribution in [0, 0.1) is 0 Å². The first-order valence-corrected chi connectivity index (χ1v) is 7.67. The molecule has 2 heterocycles. The highest BCUT2D eigenvalue weighted by Gasteiger charge is 2.16. The zero-order valence-corrected chi connectivity index (χ0v) is 13.5. The van der Waals surface area contributed by atoms with Gasteiger partial charge < -0.3 is 19.6 Å². The molecule has 0 aliphatic carbocycles. The van der Waals surface area contributed by atoms with Gasteiger partial charge in [-0.25, -0.2) is 4.79 Å². The molecule has 0 aromatic carbocycles. The first-order chi connectivity index (χ1) is 11.0. The van der Waals surface area contributed by atoms with Crippen LogP contribution in [0.25, 0.3) is 0 Å². The lowest BCUT2D eigenvalue weighted by Gasteiger charge is -2.05. The van der Waals surface area contributed by atoms with E-state index in [1.54, 1.807) is 17.6 Å². The van der Waals surface area contributed by atoms with Crippen LogP contribution in [0.5, 0.6) is 0 Å². The molecule has 0 aliphatic heterocycles. The Morgan fingerprint density at radius 3 is 2.87 bits per heavy atom. The van der Waals surface area contributed by atoms with Crippen LogP contribution in [-0.2, 0) is 20.8 Å². The normalized spacial score (nSPS) is 10.5. The summed E-state index contributed by atoms with van der Waals surface area (Å²) in [6, 6.07) is 3.16. The fraction of sp³-hybridized carbons (Fsp3) is 0.385. The fourth-order valence-corrected chi connectivity index (χ4v) is 2.45. The molecule has 2 aromatic rings. The molecule has 23 heavy (non-hydrogen) atoms. The highest BCUT2D eigenvalue weighted by molar-refractivity contribution is 7.99. The molecule has 0 unspecified atom stereocenters. The number of thioether (sulfide) groups is 1. The summed E-state index contributed by atoms with van der Waals surface area (Å²) in [4.78, 5) is 22.8. The van der Waals surface area contributed by atoms with Gasteiger partial charge in [0, 0.05) is 0 Å². The van der Waals surface area contributed by atoms with Crippen LogP contribution in [0.3, 0.4) is 0 Å². The monoisotopic (exact) mass is 340 g/mol. The predicted octanol–water partition coefficient (Wildman–Crippen LogP) is 0.943. The molecule has 2 N–H and O–H groups in total. The minimum absolute atomic E-state index is 0.0842. The van der Waals surface area contributed by atoms with Crippen molar-refractivity contribution < 1.29 is 23.5 Å². The van der Waals surface area contributed by atoms with Gasteiger partial charge in [0.1, 0.15) is 5.76 Å². The van der Waals surface area contributed by atoms with Gasteiger partial charge in [0.15, 0.2) is 5.16 Å². The molecule has 2 rings (SSSR count). The lowest BCUT2D eigenvalue weighted by Crippen LogP contribution is -2.08. The van der Waals surface area contributed by atoms with Crippen molar-refractivity contribution in [3.05, 3.63) is 23.7 Å². The molecule has 0 fully saturated rings. The summed E-state index contributed by atoms with van der Waals surface area (Å²) in [6.45, 7) is 2.20. The molecule has 2 aromatic heterocycles. The number of nitrogens with zero attached hydrogens (tertiary/aromatic N) is 3. The van der Waals surface area contributed by atoms with E-state index in [-0.39, 0.29) is 36.6 Å². The molecule has 0 saturated carbocycles. The summed E-state index contributed by atoms with van der Waals surface area (Å²) < 4.78 is 16.4. The summed E-state index contributed by atoms with van der Waals surface area (Å²) in [5, 5.41) is 8.12. The van der Waals surface area contributed by atoms with Crippen molar-refractivity contribution in [1.82, 2.24) is 14.8 Å². The molecule has 9 nitrogen and oxygen atoms in total. The number of nitrogens with two attached hydrogens (primary N) is 1. The van der Waals surface area contributed by atoms with Crippen molar-refractivity contribution in [2.24, 2.45) is 0 Å². The van der Waals surface area contributed by atoms with E-state index < -0.39 is 5.97 Å². The van der Waals surface area contributed by atoms with Crippen LogP contribution in [-0.4, -0.2) is 46.2 Å². The lowest BCUT2D eigenvalue weighted by molar-refractivity contribution is -0.137. The SMILES string of the molecule is CCOC(=O)c1ccc(Cn2c(N)nnc2SCC(=O)OC)o1. The van der Waals surface area contributed by atoms with E-state index in [1.807, 2.05) is 0 Å². The Balaban J connectivity index is 2.09. The van der Waals surface area contributed by atoms with Gasteiger partial charge in [-0.2, -0.15) is 0 Å². The number of hydrogen-bond acceptors (Lipinski definition) is 9. The number of anilines is 1. The smallest absolute Gasteiger partial charge is 0.374 e. The summed E-state index contributed by atoms with van der Waals surface area (Å²) in [6.07, 6.45) is 0. The Morgan fingerprint density at radius 1 is 1.39 bits per heavy atom. The van der Waals surface area contributed by atoms with Crippen molar-refractivity contribution in [3.63, 3.8) is 0 Å². The maximum absolute atomic E-state index is 11.6. The number of rotatable bonds is 7. The van der Waals surface area contributed by atoms with E-state index in [0.29, 0.717) is 10.9 Å². The topological polar surface area (TPSA) is 122 Å². The van der Waals surface area contributed by atoms with Crippen molar-refractivity contribution in [2.75, 3.05) is 25.2 Å². The third kappa shape index (κ3) is 4.25. The van der Waals surface area contributed by atoms with Gasteiger partial charge in [-0.15, -0.1) is 10.2 Å². The van der Waals surface area contributed by atoms with Crippen LogP contribution in [0.15, 0.2) is 21.7 Å². The van der Waals surface area contributed by atoms with E-state index in [0.717, 1.165) is 11.8 Å². The number of aromatic nitrogens is 3. The number of carbonyl (C=O) groups is 2. The maximum Gasteiger partial charge on any atom is 0.374 e. The van der Waals surface area contributed by atoms with Gasteiger partial charge >= 0.3 is 11.9 Å². The van der Waals surface area contributed by atoms with Crippen molar-refractivity contribution >= 4 is 29.6 Å². The van der Waals surface area contributed by atoms with E-state index in [4.69, 9.17) is 14.9 Å². The number of ether oxygens (including phenoxy) is 2. The van der Waals surface area contributed by atoms with Crippen LogP contribution in [0.4, 0.5) is 5.95 Å². The zero-order valence-electron chi connectivity index (χ0n) is 12.6. The van der Waals surface area contributed by atoms with Crippen molar-refractivity contribution in [3.8, 4) is 0 Å². The van der Waals surface area contributed by atoms with Gasteiger partial charge in [0.2, 0.25) is 11.7 Å². The van der Waals surface area contributed by atoms with Crippen molar-refractivity contribution in [1.29, 1.82) is 0 Å². The Kier molecular flexibility index (Phi) is 5.63. The second kappa shape index (κ2) is 7.68. The molecule has 0 atom stereocenters. The van der Waals surface area contributed by atoms with Gasteiger partial charge in [-0.1, -0.05) is 11.8 Å². The van der Waals surface area contributed by atoms with Crippen molar-refractivity contribution in [2.45, 2.75) is 18.6 Å². The number of methoxy groups -OCH3 is 1. The minimum Gasteiger partial charge on any atom is -0.468 e. The highest BCUT2D eigenvalue weighted by atomic mass is 32.2. The summed E-state index contributed by atoms with van der Waals surface area (Å²) in [7, 11) is 1.31. The molecule has 10 heteroatoms. The van der Waals surface area contributed by atoms with Crippen LogP contribution in [0.1, 0.15) is 23.2 Å². The Labute approximate surface area is 136 Å². The van der Waals surface area contributed by atoms with E-state index >= 15 is 0 Å². The Hall–Kier alpha value is -2.49. The molecule has 0 saturated heterocycles. The van der Waals surface area contributed by atoms with E-state index in [9.17, 15) is 9.59 Å². The largest absolute Gasteiger partial charge is 0.468 e. The molecule has 0 amide bonds. The van der Waals surface area contributed by atoms with Crippen LogP contribution < -0.4 is 5.73 Å². The highest BCUT2D eigenvalue weighted by Crippen LogP contribution is 2.21. The summed E-state index contributed by atoms with van der Waals surface area (Å²) >= 11 is 1.14. The third-order valence-electron chi connectivity index (χ3n) is 2.74. The van der Waals surface area contributed by atoms with E-state index in [1.165, 1.54) is 13.2 Å². The molecular weight excluding hydrogens is 324 g/mol. The molecule has 0 bridgehead atoms. The number of esters is 2. The lowest BCUT2D eigenvalue weighted by atomic mass is 10.4. The van der Waals surface area contributed by atoms with E-state index in [2.05, 4.69) is 14.9 Å². The second-order valence-corrected chi connectivity index (χ2v) is 5.22. The molecule has 0 spiro atoms. The average molecular weight is 340 g/mol. The van der Waals surface area contributed by atoms with Gasteiger partial charge in [0.25, 0.3) is 0 Å². The number of carbonyl (C=O) groups excluding carboxylic acids is 2. The van der Waals surface area contributed by atoms with Crippen LogP contribution in [0.2, 0.25) is 0 Å². The standard InChI is InChI=1S/C13H16N4O5S/c1-3-21-11(19)9-5-4-8(22-9)6-17-12(14)15-16-13(17)23-7-10(18)20-2/h4-5H,3,6-7H2,1-2H3,(H2,14,15). The fourth-order valence-electron chi connectivity index (χ4n) is 1.67.